The lowest BCUT2D eigenvalue weighted by atomic mass is 10.0. The first-order valence-corrected chi connectivity index (χ1v) is 7.32. The number of nitrogens with zero attached hydrogens (tertiary/aromatic N) is 2. The van der Waals surface area contributed by atoms with Crippen LogP contribution in [0.15, 0.2) is 4.52 Å². The third-order valence-electron chi connectivity index (χ3n) is 3.47. The maximum atomic E-state index is 11.7. The highest BCUT2D eigenvalue weighted by molar-refractivity contribution is 5.83. The van der Waals surface area contributed by atoms with Gasteiger partial charge in [-0.2, -0.15) is 4.98 Å². The van der Waals surface area contributed by atoms with Gasteiger partial charge in [-0.15, -0.1) is 0 Å². The molecule has 21 heavy (non-hydrogen) atoms. The molecule has 0 unspecified atom stereocenters. The van der Waals surface area contributed by atoms with Crippen LogP contribution >= 0.6 is 0 Å². The number of nitrogens with one attached hydrogen (secondary N) is 1. The molecule has 0 saturated heterocycles. The number of hydrogen-bond acceptors (Lipinski definition) is 5. The van der Waals surface area contributed by atoms with Gasteiger partial charge in [-0.3, -0.25) is 4.79 Å². The summed E-state index contributed by atoms with van der Waals surface area (Å²) in [6.45, 7) is 3.52. The van der Waals surface area contributed by atoms with Gasteiger partial charge in [-0.25, -0.2) is 4.79 Å². The molecule has 0 aliphatic heterocycles. The van der Waals surface area contributed by atoms with E-state index in [4.69, 9.17) is 9.63 Å². The monoisotopic (exact) mass is 295 g/mol. The lowest BCUT2D eigenvalue weighted by molar-refractivity contribution is -0.143. The molecule has 1 aromatic rings. The Kier molecular flexibility index (Phi) is 4.93. The molecule has 2 rings (SSSR count). The molecule has 1 aliphatic rings. The summed E-state index contributed by atoms with van der Waals surface area (Å²) in [5, 5.41) is 15.4. The molecule has 1 aromatic heterocycles. The average Bonchev–Trinajstić information content (AvgIpc) is 3.16. The van der Waals surface area contributed by atoms with E-state index in [1.54, 1.807) is 13.8 Å². The third-order valence-corrected chi connectivity index (χ3v) is 3.47. The van der Waals surface area contributed by atoms with E-state index in [2.05, 4.69) is 15.5 Å². The number of aryl methyl sites for hydroxylation is 1. The first kappa shape index (κ1) is 15.5. The summed E-state index contributed by atoms with van der Waals surface area (Å²) in [4.78, 5) is 27.0. The molecule has 0 radical (unpaired) electrons. The van der Waals surface area contributed by atoms with E-state index in [1.165, 1.54) is 0 Å². The summed E-state index contributed by atoms with van der Waals surface area (Å²) < 4.78 is 5.12. The third kappa shape index (κ3) is 4.54. The molecule has 1 aliphatic carbocycles. The van der Waals surface area contributed by atoms with Gasteiger partial charge in [0.1, 0.15) is 6.04 Å². The highest BCUT2D eigenvalue weighted by Crippen LogP contribution is 2.38. The van der Waals surface area contributed by atoms with E-state index in [9.17, 15) is 9.59 Å². The SMILES string of the molecule is CC(C)[C@H](NC(=O)CCCc1nc(C2CC2)no1)C(=O)O. The molecule has 1 atom stereocenters. The summed E-state index contributed by atoms with van der Waals surface area (Å²) in [6, 6.07) is -0.845. The highest BCUT2D eigenvalue weighted by atomic mass is 16.5. The zero-order valence-corrected chi connectivity index (χ0v) is 12.3. The van der Waals surface area contributed by atoms with Crippen molar-refractivity contribution in [2.75, 3.05) is 0 Å². The number of aliphatic carboxylic acids is 1. The summed E-state index contributed by atoms with van der Waals surface area (Å²) in [7, 11) is 0. The minimum Gasteiger partial charge on any atom is -0.480 e. The van der Waals surface area contributed by atoms with Crippen LogP contribution in [0.5, 0.6) is 0 Å². The maximum absolute atomic E-state index is 11.7. The van der Waals surface area contributed by atoms with Crippen LogP contribution < -0.4 is 5.32 Å². The van der Waals surface area contributed by atoms with Crippen LogP contribution in [0.2, 0.25) is 0 Å². The van der Waals surface area contributed by atoms with E-state index in [0.29, 0.717) is 24.7 Å². The molecule has 116 valence electrons. The Morgan fingerprint density at radius 1 is 1.43 bits per heavy atom. The van der Waals surface area contributed by atoms with Gasteiger partial charge in [0.25, 0.3) is 0 Å². The van der Waals surface area contributed by atoms with Gasteiger partial charge in [0.05, 0.1) is 0 Å². The highest BCUT2D eigenvalue weighted by Gasteiger charge is 2.28. The van der Waals surface area contributed by atoms with Crippen LogP contribution in [0.25, 0.3) is 0 Å². The van der Waals surface area contributed by atoms with Crippen molar-refractivity contribution in [3.8, 4) is 0 Å². The van der Waals surface area contributed by atoms with E-state index in [-0.39, 0.29) is 18.2 Å². The summed E-state index contributed by atoms with van der Waals surface area (Å²) >= 11 is 0. The van der Waals surface area contributed by atoms with Crippen molar-refractivity contribution in [2.24, 2.45) is 5.92 Å². The number of amides is 1. The molecule has 0 spiro atoms. The summed E-state index contributed by atoms with van der Waals surface area (Å²) in [6.07, 6.45) is 3.58. The first-order chi connectivity index (χ1) is 9.97. The van der Waals surface area contributed by atoms with Crippen LogP contribution in [0.3, 0.4) is 0 Å². The van der Waals surface area contributed by atoms with Crippen molar-refractivity contribution in [1.82, 2.24) is 15.5 Å². The number of carbonyl (C=O) groups is 2. The molecule has 7 nitrogen and oxygen atoms in total. The predicted octanol–water partition coefficient (Wildman–Crippen LogP) is 1.50. The van der Waals surface area contributed by atoms with Gasteiger partial charge in [0.15, 0.2) is 5.82 Å². The normalized spacial score (nSPS) is 16.0. The van der Waals surface area contributed by atoms with Crippen LogP contribution in [0, 0.1) is 5.92 Å². The molecule has 1 heterocycles. The molecule has 1 saturated carbocycles. The van der Waals surface area contributed by atoms with Gasteiger partial charge < -0.3 is 14.9 Å². The van der Waals surface area contributed by atoms with Crippen molar-refractivity contribution in [2.45, 2.75) is 57.9 Å². The van der Waals surface area contributed by atoms with Crippen LogP contribution in [-0.4, -0.2) is 33.2 Å². The number of hydrogen-bond donors (Lipinski definition) is 2. The Balaban J connectivity index is 1.71. The molecule has 1 fully saturated rings. The minimum absolute atomic E-state index is 0.150. The van der Waals surface area contributed by atoms with Gasteiger partial charge in [0.2, 0.25) is 11.8 Å². The first-order valence-electron chi connectivity index (χ1n) is 7.32. The quantitative estimate of drug-likeness (QED) is 0.753. The Morgan fingerprint density at radius 2 is 2.14 bits per heavy atom. The van der Waals surface area contributed by atoms with Gasteiger partial charge in [-0.05, 0) is 25.2 Å². The fraction of sp³-hybridized carbons (Fsp3) is 0.714. The van der Waals surface area contributed by atoms with Gasteiger partial charge in [0, 0.05) is 18.8 Å². The van der Waals surface area contributed by atoms with Crippen molar-refractivity contribution in [3.05, 3.63) is 11.7 Å². The number of carboxylic acids is 1. The van der Waals surface area contributed by atoms with Crippen molar-refractivity contribution in [1.29, 1.82) is 0 Å². The molecule has 0 aromatic carbocycles. The van der Waals surface area contributed by atoms with E-state index < -0.39 is 12.0 Å². The molecule has 7 heteroatoms. The molecular weight excluding hydrogens is 274 g/mol. The number of carboxylic acid groups (broad SMARTS) is 1. The second kappa shape index (κ2) is 6.69. The summed E-state index contributed by atoms with van der Waals surface area (Å²) in [5.74, 6) is 0.336. The largest absolute Gasteiger partial charge is 0.480 e. The van der Waals surface area contributed by atoms with Gasteiger partial charge in [-0.1, -0.05) is 19.0 Å². The fourth-order valence-electron chi connectivity index (χ4n) is 2.04. The maximum Gasteiger partial charge on any atom is 0.326 e. The molecular formula is C14H21N3O4. The second-order valence-corrected chi connectivity index (χ2v) is 5.80. The minimum atomic E-state index is -1.01. The van der Waals surface area contributed by atoms with Crippen LogP contribution in [0.4, 0.5) is 0 Å². The van der Waals surface area contributed by atoms with E-state index in [1.807, 2.05) is 0 Å². The van der Waals surface area contributed by atoms with Crippen molar-refractivity contribution < 1.29 is 19.2 Å². The average molecular weight is 295 g/mol. The van der Waals surface area contributed by atoms with E-state index in [0.717, 1.165) is 18.7 Å². The molecule has 0 bridgehead atoms. The standard InChI is InChI=1S/C14H21N3O4/c1-8(2)12(14(19)20)15-10(18)4-3-5-11-16-13(17-21-11)9-6-7-9/h8-9,12H,3-7H2,1-2H3,(H,15,18)(H,19,20)/t12-/m0/s1. The predicted molar refractivity (Wildman–Crippen MR) is 73.6 cm³/mol. The Bertz CT molecular complexity index is 508. The molecule has 2 N–H and O–H groups in total. The summed E-state index contributed by atoms with van der Waals surface area (Å²) in [5.41, 5.74) is 0. The van der Waals surface area contributed by atoms with Crippen molar-refractivity contribution in [3.63, 3.8) is 0 Å². The fourth-order valence-corrected chi connectivity index (χ4v) is 2.04. The van der Waals surface area contributed by atoms with Crippen LogP contribution in [0.1, 0.15) is 57.2 Å². The zero-order chi connectivity index (χ0) is 15.4. The Labute approximate surface area is 123 Å². The van der Waals surface area contributed by atoms with Crippen molar-refractivity contribution >= 4 is 11.9 Å². The van der Waals surface area contributed by atoms with E-state index >= 15 is 0 Å². The second-order valence-electron chi connectivity index (χ2n) is 5.80. The van der Waals surface area contributed by atoms with Crippen LogP contribution in [-0.2, 0) is 16.0 Å². The number of rotatable bonds is 8. The number of carbonyl (C=O) groups excluding carboxylic acids is 1. The zero-order valence-electron chi connectivity index (χ0n) is 12.3. The topological polar surface area (TPSA) is 105 Å². The van der Waals surface area contributed by atoms with Gasteiger partial charge >= 0.3 is 5.97 Å². The molecule has 1 amide bonds. The smallest absolute Gasteiger partial charge is 0.326 e. The lowest BCUT2D eigenvalue weighted by Crippen LogP contribution is -2.44. The Hall–Kier alpha value is -1.92. The lowest BCUT2D eigenvalue weighted by Gasteiger charge is -2.17. The Morgan fingerprint density at radius 3 is 2.71 bits per heavy atom. The number of aromatic nitrogens is 2.